The van der Waals surface area contributed by atoms with Gasteiger partial charge < -0.3 is 84.8 Å². The number of hydrogen-bond donors (Lipinski definition) is 2. The van der Waals surface area contributed by atoms with E-state index in [1.54, 1.807) is 56.9 Å². The fourth-order valence-electron chi connectivity index (χ4n) is 22.9. The van der Waals surface area contributed by atoms with Crippen LogP contribution in [-0.4, -0.2) is 211 Å². The number of rotatable bonds is 28. The van der Waals surface area contributed by atoms with Gasteiger partial charge in [-0.25, -0.2) is 0 Å². The average Bonchev–Trinajstić information content (AvgIpc) is 1.48. The van der Waals surface area contributed by atoms with Gasteiger partial charge in [0.05, 0.1) is 74.7 Å². The predicted octanol–water partition coefficient (Wildman–Crippen LogP) is 13.3. The number of methoxy groups -OCH3 is 8. The third-order valence-electron chi connectivity index (χ3n) is 28.2. The van der Waals surface area contributed by atoms with Crippen LogP contribution in [0.2, 0.25) is 20.2 Å². The predicted molar refractivity (Wildman–Crippen MR) is 499 cm³/mol. The maximum atomic E-state index is 10.7. The van der Waals surface area contributed by atoms with Gasteiger partial charge in [0.1, 0.15) is 28.5 Å². The summed E-state index contributed by atoms with van der Waals surface area (Å²) in [7, 11) is 2.78. The van der Waals surface area contributed by atoms with Crippen LogP contribution in [0.5, 0.6) is 0 Å². The van der Waals surface area contributed by atoms with E-state index in [1.807, 2.05) is 24.3 Å². The maximum absolute atomic E-state index is 10.7. The minimum Gasteiger partial charge on any atom is -0.404 e. The fourth-order valence-corrected chi connectivity index (χ4v) is 41.4. The molecule has 0 radical (unpaired) electrons. The molecule has 4 aliphatic carbocycles. The summed E-state index contributed by atoms with van der Waals surface area (Å²) in [5, 5.41) is 31.0. The molecule has 0 spiro atoms. The van der Waals surface area contributed by atoms with E-state index in [2.05, 4.69) is 315 Å². The second-order valence-electron chi connectivity index (χ2n) is 39.4. The first kappa shape index (κ1) is 95.2. The number of ether oxygens (including phenoxy) is 12. The zero-order chi connectivity index (χ0) is 89.1. The number of hydrogen-bond acceptors (Lipinski definition) is 18. The molecule has 8 aliphatic rings. The van der Waals surface area contributed by atoms with Gasteiger partial charge in [0.25, 0.3) is 33.3 Å². The van der Waals surface area contributed by atoms with Crippen LogP contribution >= 0.6 is 0 Å². The van der Waals surface area contributed by atoms with Crippen LogP contribution in [0.1, 0.15) is 116 Å². The van der Waals surface area contributed by atoms with Crippen LogP contribution in [0.25, 0.3) is 0 Å². The van der Waals surface area contributed by atoms with Crippen LogP contribution in [0.15, 0.2) is 255 Å². The number of benzene rings is 8. The van der Waals surface area contributed by atoms with Crippen LogP contribution in [0.4, 0.5) is 0 Å². The Kier molecular flexibility index (Phi) is 29.5. The fraction of sp³-hybridized carbons (Fsp3) is 0.510. The summed E-state index contributed by atoms with van der Waals surface area (Å²) in [6, 6.07) is 85.1. The lowest BCUT2D eigenvalue weighted by Crippen LogP contribution is -2.68. The van der Waals surface area contributed by atoms with Crippen LogP contribution < -0.4 is 41.5 Å². The van der Waals surface area contributed by atoms with E-state index in [0.717, 1.165) is 18.4 Å². The Morgan fingerprint density at radius 1 is 0.298 bits per heavy atom. The van der Waals surface area contributed by atoms with E-state index in [9.17, 15) is 10.2 Å². The van der Waals surface area contributed by atoms with Gasteiger partial charge in [-0.3, -0.25) is 0 Å². The van der Waals surface area contributed by atoms with Gasteiger partial charge in [0.2, 0.25) is 0 Å². The lowest BCUT2D eigenvalue weighted by atomic mass is 9.96. The highest BCUT2D eigenvalue weighted by molar-refractivity contribution is 7.01. The third kappa shape index (κ3) is 17.2. The molecule has 124 heavy (non-hydrogen) atoms. The molecule has 8 aromatic carbocycles. The van der Waals surface area contributed by atoms with Crippen molar-refractivity contribution in [1.29, 1.82) is 0 Å². The Morgan fingerprint density at radius 2 is 0.508 bits per heavy atom. The number of fused-ring (bicyclic) bond motifs is 8. The molecule has 8 bridgehead atoms. The number of aliphatic hydroxyl groups excluding tert-OH is 2. The molecule has 5 unspecified atom stereocenters. The molecule has 0 aromatic heterocycles. The van der Waals surface area contributed by atoms with Crippen molar-refractivity contribution < 1.29 is 84.8 Å². The van der Waals surface area contributed by atoms with Crippen molar-refractivity contribution >= 4 is 74.8 Å². The summed E-state index contributed by atoms with van der Waals surface area (Å²) in [4.78, 5) is 0. The second-order valence-corrected chi connectivity index (χ2v) is 56.6. The highest BCUT2D eigenvalue weighted by Crippen LogP contribution is 2.57. The largest absolute Gasteiger partial charge is 0.404 e. The molecule has 19 atom stereocenters. The first-order valence-corrected chi connectivity index (χ1v) is 51.8. The maximum Gasteiger partial charge on any atom is 0.261 e. The average molecular weight is 1760 g/mol. The van der Waals surface area contributed by atoms with Gasteiger partial charge in [-0.1, -0.05) is 345 Å². The van der Waals surface area contributed by atoms with E-state index >= 15 is 0 Å². The van der Waals surface area contributed by atoms with E-state index in [4.69, 9.17) is 74.5 Å². The third-order valence-corrected chi connectivity index (χ3v) is 48.1. The first-order valence-electron chi connectivity index (χ1n) is 44.1. The zero-order valence-electron chi connectivity index (χ0n) is 77.0. The molecule has 16 rings (SSSR count). The second kappa shape index (κ2) is 38.4. The topological polar surface area (TPSA) is 188 Å². The Hall–Kier alpha value is -6.35. The highest BCUT2D eigenvalue weighted by Gasteiger charge is 2.70. The molecular formula is C102H138O18Si4. The smallest absolute Gasteiger partial charge is 0.261 e. The first-order chi connectivity index (χ1) is 59.2. The summed E-state index contributed by atoms with van der Waals surface area (Å²) in [5.74, 6) is 0.317. The molecule has 22 heteroatoms. The van der Waals surface area contributed by atoms with Crippen molar-refractivity contribution in [3.63, 3.8) is 0 Å². The lowest BCUT2D eigenvalue weighted by molar-refractivity contribution is -0.218. The van der Waals surface area contributed by atoms with Crippen molar-refractivity contribution in [3.8, 4) is 0 Å². The van der Waals surface area contributed by atoms with Crippen LogP contribution in [0.3, 0.4) is 0 Å². The SMILES string of the molecule is C=C1C[C@]2(CO[Si](c3ccccc3)(c3ccccc3)C(C)(C)C)OC(OC)[C@H]1[C@@H]2OC.COC1O[C@@]2(CO[Si](c3ccccc3)(c3ccccc3)C(C)(C)C)CC(C)[C@@H]1[C@@H]2OC.COC1O[C@@]2(CO[Si](c3ccccc3)(c3ccccc3)C(C)(C)C)C[C@@H](O)[C@@H]1[C@@H]2OC.COC1O[C@@]2(CO[Si](c3ccccc3)(c3ccccc3)C(C)(C)C)C[C@H](O)[C@@H]1[C@@H]2OC. The Labute approximate surface area is 742 Å². The van der Waals surface area contributed by atoms with Gasteiger partial charge in [-0.05, 0) is 74.0 Å². The van der Waals surface area contributed by atoms with Crippen molar-refractivity contribution in [2.45, 2.75) is 220 Å². The standard InChI is InChI=1S/C26H36O4Si.C26H34O4Si.2C25H34O5Si/c2*1-19-17-26(23(27-5)22(19)24(28-6)30-26)18-29-31(25(2,3)4,20-13-9-7-10-14-20)21-15-11-8-12-16-21;2*1-24(2,3)31(18-12-8-6-9-13-18,19-14-10-7-11-15-19)29-17-25-16-20(26)21(22(25)27-4)23(28-5)30-25/h7-16,19,22-24H,17-18H2,1-6H3;7-16,22-24H,1,17-18H2,2-6H3;2*6-15,20-23,26H,16-17H2,1-5H3/t19?,22-,23+,24?,26-;22-,23+,24?,26-;20-,21+,22-,23?,25+;20-,21-,22+,23?,25-/m1101/s1. The normalized spacial score (nSPS) is 30.1. The zero-order valence-corrected chi connectivity index (χ0v) is 81.0. The molecule has 0 amide bonds. The Balaban J connectivity index is 0.000000142. The van der Waals surface area contributed by atoms with Gasteiger partial charge >= 0.3 is 0 Å². The van der Waals surface area contributed by atoms with Crippen LogP contribution in [-0.2, 0) is 74.5 Å². The van der Waals surface area contributed by atoms with Crippen molar-refractivity contribution in [3.05, 3.63) is 255 Å². The molecule has 4 saturated carbocycles. The molecule has 4 heterocycles. The van der Waals surface area contributed by atoms with E-state index < -0.39 is 80.5 Å². The molecule has 8 fully saturated rings. The quantitative estimate of drug-likeness (QED) is 0.0348. The molecule has 4 aliphatic heterocycles. The summed E-state index contributed by atoms with van der Waals surface area (Å²) in [6.07, 6.45) is -0.702. The van der Waals surface area contributed by atoms with Crippen LogP contribution in [0, 0.1) is 29.6 Å². The van der Waals surface area contributed by atoms with Crippen molar-refractivity contribution in [2.75, 3.05) is 83.3 Å². The van der Waals surface area contributed by atoms with Gasteiger partial charge in [-0.2, -0.15) is 0 Å². The Morgan fingerprint density at radius 3 is 0.734 bits per heavy atom. The summed E-state index contributed by atoms with van der Waals surface area (Å²) < 4.78 is 100. The van der Waals surface area contributed by atoms with E-state index in [-0.39, 0.29) is 80.8 Å². The molecule has 8 aromatic rings. The molecule has 2 N–H and O–H groups in total. The van der Waals surface area contributed by atoms with E-state index in [0.29, 0.717) is 45.2 Å². The summed E-state index contributed by atoms with van der Waals surface area (Å²) in [5.41, 5.74) is -1.40. The Bertz CT molecular complexity index is 4190. The molecule has 18 nitrogen and oxygen atoms in total. The summed E-state index contributed by atoms with van der Waals surface area (Å²) in [6.45, 7) is 35.5. The van der Waals surface area contributed by atoms with Gasteiger partial charge in [-0.15, -0.1) is 0 Å². The monoisotopic (exact) mass is 1760 g/mol. The van der Waals surface area contributed by atoms with E-state index in [1.165, 1.54) is 41.5 Å². The number of aliphatic hydroxyl groups is 2. The van der Waals surface area contributed by atoms with Gasteiger partial charge in [0, 0.05) is 82.1 Å². The molecular weight excluding hydrogens is 1630 g/mol. The van der Waals surface area contributed by atoms with Crippen molar-refractivity contribution in [1.82, 2.24) is 0 Å². The minimum atomic E-state index is -2.72. The molecule has 4 saturated heterocycles. The van der Waals surface area contributed by atoms with Gasteiger partial charge in [0.15, 0.2) is 25.2 Å². The summed E-state index contributed by atoms with van der Waals surface area (Å²) >= 11 is 0. The van der Waals surface area contributed by atoms with Crippen molar-refractivity contribution in [2.24, 2.45) is 29.6 Å². The lowest BCUT2D eigenvalue weighted by Gasteiger charge is -2.45. The highest BCUT2D eigenvalue weighted by atomic mass is 28.4. The minimum absolute atomic E-state index is 0.0225. The molecule has 670 valence electrons.